The molecule has 0 spiro atoms. The van der Waals surface area contributed by atoms with E-state index in [1.165, 1.54) is 18.4 Å². The molecule has 8 heteroatoms. The van der Waals surface area contributed by atoms with Crippen LogP contribution in [0, 0.1) is 0 Å². The van der Waals surface area contributed by atoms with Gasteiger partial charge in [-0.2, -0.15) is 5.10 Å². The Kier molecular flexibility index (Phi) is 7.25. The molecule has 3 aliphatic rings. The number of likely N-dealkylation sites (tertiary alicyclic amines) is 1. The topological polar surface area (TPSA) is 90.6 Å². The number of nitrogens with zero attached hydrogens (tertiary/aromatic N) is 3. The minimum atomic E-state index is -0.126. The van der Waals surface area contributed by atoms with Gasteiger partial charge in [-0.3, -0.25) is 19.6 Å². The van der Waals surface area contributed by atoms with Gasteiger partial charge in [0.05, 0.1) is 24.9 Å². The standard InChI is InChI=1S/C26H35N5O3/c32-25(27-21-5-1-2-6-21)23-17-22(28-29-23)24-7-3-4-12-31(24)26(33)20-10-8-19(9-11-20)18-30-13-15-34-16-14-30/h8-11,17,21,24H,1-7,12-16,18H2,(H,27,32)(H,28,29)/t24-/m1/s1. The molecular formula is C26H35N5O3. The molecule has 0 radical (unpaired) electrons. The number of rotatable bonds is 6. The average molecular weight is 466 g/mol. The third-order valence-electron chi connectivity index (χ3n) is 7.35. The van der Waals surface area contributed by atoms with Crippen LogP contribution in [0.1, 0.15) is 83.1 Å². The Morgan fingerprint density at radius 1 is 1.00 bits per heavy atom. The van der Waals surface area contributed by atoms with Crippen molar-refractivity contribution in [2.45, 2.75) is 63.6 Å². The quantitative estimate of drug-likeness (QED) is 0.683. The lowest BCUT2D eigenvalue weighted by atomic mass is 9.97. The smallest absolute Gasteiger partial charge is 0.271 e. The van der Waals surface area contributed by atoms with E-state index >= 15 is 0 Å². The van der Waals surface area contributed by atoms with Crippen molar-refractivity contribution in [1.29, 1.82) is 0 Å². The second-order valence-electron chi connectivity index (χ2n) is 9.76. The molecule has 2 aromatic rings. The fraction of sp³-hybridized carbons (Fsp3) is 0.577. The number of aromatic amines is 1. The summed E-state index contributed by atoms with van der Waals surface area (Å²) >= 11 is 0. The Hall–Kier alpha value is -2.71. The van der Waals surface area contributed by atoms with E-state index in [4.69, 9.17) is 4.74 Å². The zero-order valence-corrected chi connectivity index (χ0v) is 19.8. The van der Waals surface area contributed by atoms with E-state index in [2.05, 4.69) is 32.5 Å². The molecule has 1 aromatic carbocycles. The molecule has 0 bridgehead atoms. The molecule has 3 fully saturated rings. The number of nitrogens with one attached hydrogen (secondary N) is 2. The van der Waals surface area contributed by atoms with Gasteiger partial charge in [-0.05, 0) is 55.9 Å². The van der Waals surface area contributed by atoms with Gasteiger partial charge in [0.2, 0.25) is 0 Å². The van der Waals surface area contributed by atoms with E-state index in [9.17, 15) is 9.59 Å². The predicted octanol–water partition coefficient (Wildman–Crippen LogP) is 3.28. The van der Waals surface area contributed by atoms with Crippen LogP contribution in [0.2, 0.25) is 0 Å². The number of ether oxygens (including phenoxy) is 1. The van der Waals surface area contributed by atoms with Crippen LogP contribution >= 0.6 is 0 Å². The first-order chi connectivity index (χ1) is 16.7. The summed E-state index contributed by atoms with van der Waals surface area (Å²) in [6.45, 7) is 5.04. The highest BCUT2D eigenvalue weighted by Crippen LogP contribution is 2.31. The highest BCUT2D eigenvalue weighted by molar-refractivity contribution is 5.95. The Balaban J connectivity index is 1.24. The summed E-state index contributed by atoms with van der Waals surface area (Å²) in [7, 11) is 0. The molecule has 1 atom stereocenters. The largest absolute Gasteiger partial charge is 0.379 e. The van der Waals surface area contributed by atoms with Gasteiger partial charge in [-0.1, -0.05) is 25.0 Å². The zero-order chi connectivity index (χ0) is 23.3. The Bertz CT molecular complexity index is 977. The number of piperidine rings is 1. The van der Waals surface area contributed by atoms with Gasteiger partial charge in [0, 0.05) is 37.8 Å². The lowest BCUT2D eigenvalue weighted by molar-refractivity contribution is 0.0342. The van der Waals surface area contributed by atoms with E-state index in [0.29, 0.717) is 17.8 Å². The lowest BCUT2D eigenvalue weighted by Crippen LogP contribution is -2.38. The lowest BCUT2D eigenvalue weighted by Gasteiger charge is -2.35. The van der Waals surface area contributed by atoms with Gasteiger partial charge in [0.1, 0.15) is 5.69 Å². The molecular weight excluding hydrogens is 430 g/mol. The van der Waals surface area contributed by atoms with Gasteiger partial charge >= 0.3 is 0 Å². The van der Waals surface area contributed by atoms with Crippen molar-refractivity contribution in [1.82, 2.24) is 25.3 Å². The number of aromatic nitrogens is 2. The minimum absolute atomic E-state index is 0.0363. The molecule has 2 saturated heterocycles. The third kappa shape index (κ3) is 5.33. The molecule has 0 unspecified atom stereocenters. The van der Waals surface area contributed by atoms with Crippen molar-refractivity contribution in [3.63, 3.8) is 0 Å². The van der Waals surface area contributed by atoms with Crippen LogP contribution in [0.3, 0.4) is 0 Å². The first-order valence-electron chi connectivity index (χ1n) is 12.7. The SMILES string of the molecule is O=C(NC1CCCC1)c1cc([C@H]2CCCCN2C(=O)c2ccc(CN3CCOCC3)cc2)[nH]n1. The first kappa shape index (κ1) is 23.1. The van der Waals surface area contributed by atoms with Crippen molar-refractivity contribution in [3.8, 4) is 0 Å². The van der Waals surface area contributed by atoms with Crippen LogP contribution in [0.25, 0.3) is 0 Å². The van der Waals surface area contributed by atoms with Gasteiger partial charge < -0.3 is 15.0 Å². The van der Waals surface area contributed by atoms with Gasteiger partial charge in [0.15, 0.2) is 0 Å². The number of carbonyl (C=O) groups is 2. The van der Waals surface area contributed by atoms with Crippen LogP contribution in [-0.4, -0.2) is 70.7 Å². The van der Waals surface area contributed by atoms with E-state index in [0.717, 1.165) is 70.6 Å². The summed E-state index contributed by atoms with van der Waals surface area (Å²) in [5.41, 5.74) is 3.16. The summed E-state index contributed by atoms with van der Waals surface area (Å²) in [5.74, 6) is -0.0897. The van der Waals surface area contributed by atoms with Crippen LogP contribution in [0.4, 0.5) is 0 Å². The summed E-state index contributed by atoms with van der Waals surface area (Å²) < 4.78 is 5.42. The Morgan fingerprint density at radius 2 is 1.74 bits per heavy atom. The first-order valence-corrected chi connectivity index (χ1v) is 12.7. The van der Waals surface area contributed by atoms with Crippen LogP contribution in [0.15, 0.2) is 30.3 Å². The highest BCUT2D eigenvalue weighted by atomic mass is 16.5. The molecule has 5 rings (SSSR count). The number of carbonyl (C=O) groups excluding carboxylic acids is 2. The minimum Gasteiger partial charge on any atom is -0.379 e. The van der Waals surface area contributed by atoms with Crippen molar-refractivity contribution < 1.29 is 14.3 Å². The molecule has 1 aromatic heterocycles. The molecule has 182 valence electrons. The molecule has 3 heterocycles. The number of hydrogen-bond acceptors (Lipinski definition) is 5. The summed E-state index contributed by atoms with van der Waals surface area (Å²) in [5, 5.41) is 10.4. The van der Waals surface area contributed by atoms with Gasteiger partial charge in [-0.15, -0.1) is 0 Å². The van der Waals surface area contributed by atoms with E-state index in [1.54, 1.807) is 0 Å². The van der Waals surface area contributed by atoms with Crippen LogP contribution < -0.4 is 5.32 Å². The summed E-state index contributed by atoms with van der Waals surface area (Å²) in [6.07, 6.45) is 7.33. The molecule has 2 aliphatic heterocycles. The fourth-order valence-electron chi connectivity index (χ4n) is 5.39. The Morgan fingerprint density at radius 3 is 2.50 bits per heavy atom. The molecule has 1 saturated carbocycles. The average Bonchev–Trinajstić information content (AvgIpc) is 3.57. The fourth-order valence-corrected chi connectivity index (χ4v) is 5.39. The summed E-state index contributed by atoms with van der Waals surface area (Å²) in [6, 6.07) is 9.99. The zero-order valence-electron chi connectivity index (χ0n) is 19.8. The normalized spacial score (nSPS) is 22.1. The second-order valence-corrected chi connectivity index (χ2v) is 9.76. The van der Waals surface area contributed by atoms with E-state index in [1.807, 2.05) is 23.1 Å². The van der Waals surface area contributed by atoms with Crippen molar-refractivity contribution in [2.24, 2.45) is 0 Å². The van der Waals surface area contributed by atoms with Crippen LogP contribution in [0.5, 0.6) is 0 Å². The third-order valence-corrected chi connectivity index (χ3v) is 7.35. The van der Waals surface area contributed by atoms with Crippen molar-refractivity contribution in [2.75, 3.05) is 32.8 Å². The number of amides is 2. The maximum atomic E-state index is 13.4. The maximum absolute atomic E-state index is 13.4. The molecule has 2 amide bonds. The second kappa shape index (κ2) is 10.7. The highest BCUT2D eigenvalue weighted by Gasteiger charge is 2.31. The van der Waals surface area contributed by atoms with Crippen molar-refractivity contribution in [3.05, 3.63) is 52.8 Å². The number of morpholine rings is 1. The maximum Gasteiger partial charge on any atom is 0.271 e. The monoisotopic (exact) mass is 465 g/mol. The van der Waals surface area contributed by atoms with E-state index in [-0.39, 0.29) is 23.9 Å². The molecule has 1 aliphatic carbocycles. The Labute approximate surface area is 201 Å². The number of H-pyrrole nitrogens is 1. The van der Waals surface area contributed by atoms with Gasteiger partial charge in [-0.25, -0.2) is 0 Å². The molecule has 2 N–H and O–H groups in total. The molecule has 8 nitrogen and oxygen atoms in total. The number of hydrogen-bond donors (Lipinski definition) is 2. The van der Waals surface area contributed by atoms with Crippen molar-refractivity contribution >= 4 is 11.8 Å². The predicted molar refractivity (Wildman–Crippen MR) is 128 cm³/mol. The van der Waals surface area contributed by atoms with Gasteiger partial charge in [0.25, 0.3) is 11.8 Å². The number of benzene rings is 1. The van der Waals surface area contributed by atoms with Crippen LogP contribution in [-0.2, 0) is 11.3 Å². The summed E-state index contributed by atoms with van der Waals surface area (Å²) in [4.78, 5) is 30.4. The van der Waals surface area contributed by atoms with E-state index < -0.39 is 0 Å². The molecule has 34 heavy (non-hydrogen) atoms.